The van der Waals surface area contributed by atoms with E-state index in [4.69, 9.17) is 22.1 Å². The Balaban J connectivity index is 2.03. The lowest BCUT2D eigenvalue weighted by molar-refractivity contribution is -0.284. The van der Waals surface area contributed by atoms with Crippen molar-refractivity contribution in [2.45, 2.75) is 152 Å². The number of hydroxylamine groups is 2. The Labute approximate surface area is 289 Å². The highest BCUT2D eigenvalue weighted by Gasteiger charge is 2.78. The van der Waals surface area contributed by atoms with Crippen LogP contribution >= 0.6 is 0 Å². The third-order valence-electron chi connectivity index (χ3n) is 11.2. The highest BCUT2D eigenvalue weighted by atomic mass is 28.5. The topological polar surface area (TPSA) is 141 Å². The van der Waals surface area contributed by atoms with Crippen LogP contribution in [0.2, 0.25) is 40.3 Å². The zero-order valence-corrected chi connectivity index (χ0v) is 34.0. The van der Waals surface area contributed by atoms with E-state index in [1.54, 1.807) is 30.3 Å². The Morgan fingerprint density at radius 3 is 1.83 bits per heavy atom. The summed E-state index contributed by atoms with van der Waals surface area (Å²) in [6, 6.07) is 8.38. The number of hydrogen-bond acceptors (Lipinski definition) is 10. The van der Waals surface area contributed by atoms with E-state index in [1.807, 2.05) is 89.3 Å². The Morgan fingerprint density at radius 2 is 1.42 bits per heavy atom. The largest absolute Gasteiger partial charge is 0.459 e. The number of amides is 1. The standard InChI is InChI=1S/C34H57NO10Si3/c1-21(2)47(22(3)4)43-29-30(44-48(45-47,23(5)6)24(7)8)34(39,20-41-31(38)25-17-15-14-16-18-25)28(42-46(12,13)32(9,10)11)27(37)33(29)19-26(36)35(33)40/h14-18,21-24,28-30,39-40H,19-20H2,1-13H3/t28-,29-,30+,33-,34+/m1/s1. The van der Waals surface area contributed by atoms with Gasteiger partial charge in [0.2, 0.25) is 5.91 Å². The van der Waals surface area contributed by atoms with Crippen molar-refractivity contribution < 1.29 is 46.8 Å². The van der Waals surface area contributed by atoms with Crippen molar-refractivity contribution in [1.29, 1.82) is 0 Å². The first-order chi connectivity index (χ1) is 21.9. The van der Waals surface area contributed by atoms with Gasteiger partial charge in [-0.3, -0.25) is 14.8 Å². The Morgan fingerprint density at radius 1 is 0.938 bits per heavy atom. The average Bonchev–Trinajstić information content (AvgIpc) is 3.18. The molecule has 2 saturated heterocycles. The first kappa shape index (κ1) is 39.0. The number of carbonyl (C=O) groups is 3. The summed E-state index contributed by atoms with van der Waals surface area (Å²) in [6.07, 6.45) is -4.70. The van der Waals surface area contributed by atoms with Crippen LogP contribution in [0.15, 0.2) is 30.3 Å². The van der Waals surface area contributed by atoms with E-state index in [-0.39, 0.29) is 34.1 Å². The van der Waals surface area contributed by atoms with Gasteiger partial charge in [-0.15, -0.1) is 0 Å². The molecule has 14 heteroatoms. The number of fused-ring (bicyclic) bond motifs is 2. The Kier molecular flexibility index (Phi) is 10.6. The molecule has 1 aromatic carbocycles. The summed E-state index contributed by atoms with van der Waals surface area (Å²) < 4.78 is 34.4. The molecule has 3 aliphatic rings. The normalized spacial score (nSPS) is 30.6. The van der Waals surface area contributed by atoms with Crippen molar-refractivity contribution in [1.82, 2.24) is 5.06 Å². The molecule has 0 radical (unpaired) electrons. The van der Waals surface area contributed by atoms with Gasteiger partial charge in [0, 0.05) is 0 Å². The van der Waals surface area contributed by atoms with Gasteiger partial charge in [-0.2, -0.15) is 0 Å². The zero-order valence-electron chi connectivity index (χ0n) is 31.0. The van der Waals surface area contributed by atoms with E-state index < -0.39 is 84.2 Å². The maximum absolute atomic E-state index is 15.1. The smallest absolute Gasteiger partial charge is 0.338 e. The van der Waals surface area contributed by atoms with E-state index in [2.05, 4.69) is 0 Å². The molecule has 1 saturated carbocycles. The number of nitrogens with zero attached hydrogens (tertiary/aromatic N) is 1. The number of hydrogen-bond donors (Lipinski definition) is 2. The number of aliphatic hydroxyl groups is 1. The Bertz CT molecular complexity index is 1360. The minimum Gasteiger partial charge on any atom is -0.459 e. The average molecular weight is 724 g/mol. The monoisotopic (exact) mass is 723 g/mol. The first-order valence-corrected chi connectivity index (χ1v) is 24.0. The first-order valence-electron chi connectivity index (χ1n) is 17.2. The summed E-state index contributed by atoms with van der Waals surface area (Å²) in [7, 11) is -9.65. The fourth-order valence-corrected chi connectivity index (χ4v) is 19.8. The van der Waals surface area contributed by atoms with Crippen LogP contribution in [0.1, 0.15) is 92.9 Å². The van der Waals surface area contributed by atoms with Crippen molar-refractivity contribution in [2.75, 3.05) is 6.61 Å². The van der Waals surface area contributed by atoms with Crippen LogP contribution in [0, 0.1) is 0 Å². The second-order valence-corrected chi connectivity index (χ2v) is 30.2. The highest BCUT2D eigenvalue weighted by molar-refractivity contribution is 6.84. The van der Waals surface area contributed by atoms with Crippen molar-refractivity contribution in [3.63, 3.8) is 0 Å². The van der Waals surface area contributed by atoms with Crippen LogP contribution in [0.3, 0.4) is 0 Å². The summed E-state index contributed by atoms with van der Waals surface area (Å²) in [5.41, 5.74) is -4.47. The van der Waals surface area contributed by atoms with Crippen molar-refractivity contribution in [2.24, 2.45) is 0 Å². The third kappa shape index (κ3) is 6.02. The highest BCUT2D eigenvalue weighted by Crippen LogP contribution is 2.56. The number of Topliss-reactive ketones (excluding diaryl/α,β-unsaturated/α-hetero) is 1. The molecule has 4 rings (SSSR count). The summed E-state index contributed by atoms with van der Waals surface area (Å²) >= 11 is 0. The molecule has 2 heterocycles. The van der Waals surface area contributed by atoms with Gasteiger partial charge in [-0.25, -0.2) is 9.86 Å². The maximum Gasteiger partial charge on any atom is 0.338 e. The molecule has 1 aromatic rings. The number of esters is 1. The molecule has 1 spiro atoms. The quantitative estimate of drug-likeness (QED) is 0.130. The van der Waals surface area contributed by atoms with Gasteiger partial charge in [0.05, 0.1) is 12.0 Å². The predicted molar refractivity (Wildman–Crippen MR) is 187 cm³/mol. The summed E-state index contributed by atoms with van der Waals surface area (Å²) in [6.45, 7) is 25.4. The molecule has 270 valence electrons. The van der Waals surface area contributed by atoms with Crippen molar-refractivity contribution >= 4 is 43.1 Å². The molecule has 48 heavy (non-hydrogen) atoms. The molecule has 11 nitrogen and oxygen atoms in total. The van der Waals surface area contributed by atoms with Crippen LogP contribution in [0.4, 0.5) is 0 Å². The molecule has 2 N–H and O–H groups in total. The fourth-order valence-electron chi connectivity index (χ4n) is 7.17. The third-order valence-corrected chi connectivity index (χ3v) is 25.9. The molecule has 0 unspecified atom stereocenters. The van der Waals surface area contributed by atoms with E-state index in [1.165, 1.54) is 0 Å². The summed E-state index contributed by atoms with van der Waals surface area (Å²) in [5, 5.41) is 24.6. The van der Waals surface area contributed by atoms with Crippen LogP contribution in [-0.4, -0.2) is 94.5 Å². The lowest BCUT2D eigenvalue weighted by atomic mass is 9.63. The minimum atomic E-state index is -3.41. The molecule has 0 aromatic heterocycles. The zero-order chi connectivity index (χ0) is 36.4. The van der Waals surface area contributed by atoms with Crippen LogP contribution < -0.4 is 0 Å². The molecule has 3 fully saturated rings. The Hall–Kier alpha value is -1.76. The van der Waals surface area contributed by atoms with E-state index in [0.29, 0.717) is 5.06 Å². The number of ketones is 1. The molecular weight excluding hydrogens is 667 g/mol. The van der Waals surface area contributed by atoms with E-state index in [0.717, 1.165) is 0 Å². The number of ether oxygens (including phenoxy) is 1. The van der Waals surface area contributed by atoms with Crippen LogP contribution in [0.5, 0.6) is 0 Å². The fraction of sp³-hybridized carbons (Fsp3) is 0.735. The van der Waals surface area contributed by atoms with Crippen molar-refractivity contribution in [3.05, 3.63) is 35.9 Å². The van der Waals surface area contributed by atoms with Gasteiger partial charge >= 0.3 is 23.1 Å². The second kappa shape index (κ2) is 13.1. The minimum absolute atomic E-state index is 0.135. The van der Waals surface area contributed by atoms with Gasteiger partial charge in [-0.05, 0) is 52.4 Å². The number of carbonyl (C=O) groups excluding carboxylic acids is 3. The van der Waals surface area contributed by atoms with Crippen LogP contribution in [0.25, 0.3) is 0 Å². The molecule has 1 aliphatic carbocycles. The molecule has 0 bridgehead atoms. The van der Waals surface area contributed by atoms with E-state index in [9.17, 15) is 19.9 Å². The number of β-lactam (4-membered cyclic amide) rings is 1. The van der Waals surface area contributed by atoms with Gasteiger partial charge < -0.3 is 27.2 Å². The van der Waals surface area contributed by atoms with Crippen LogP contribution in [-0.2, 0) is 31.7 Å². The van der Waals surface area contributed by atoms with Crippen molar-refractivity contribution in [3.8, 4) is 0 Å². The number of rotatable bonds is 9. The van der Waals surface area contributed by atoms with Gasteiger partial charge in [0.1, 0.15) is 24.9 Å². The molecule has 2 aliphatic heterocycles. The van der Waals surface area contributed by atoms with Gasteiger partial charge in [-0.1, -0.05) is 94.4 Å². The summed E-state index contributed by atoms with van der Waals surface area (Å²) in [4.78, 5) is 41.4. The maximum atomic E-state index is 15.1. The summed E-state index contributed by atoms with van der Waals surface area (Å²) in [5.74, 6) is -2.06. The SMILES string of the molecule is CC(C)[Si]1(C(C)C)O[C@@H]2[C@H](O[Si](C(C)C)(C(C)C)O1)[C@](O)(COC(=O)c1ccccc1)[C@H](O[Si](C)(C)C(C)(C)C)C(=O)[C@]21CC(=O)N1O. The van der Waals surface area contributed by atoms with Gasteiger partial charge in [0.15, 0.2) is 25.2 Å². The molecule has 5 atom stereocenters. The van der Waals surface area contributed by atoms with E-state index >= 15 is 4.79 Å². The molecular formula is C34H57NO10Si3. The lowest BCUT2D eigenvalue weighted by Crippen LogP contribution is -2.86. The van der Waals surface area contributed by atoms with Gasteiger partial charge in [0.25, 0.3) is 0 Å². The lowest BCUT2D eigenvalue weighted by Gasteiger charge is -2.61. The second-order valence-electron chi connectivity index (χ2n) is 16.6. The molecule has 1 amide bonds. The predicted octanol–water partition coefficient (Wildman–Crippen LogP) is 6.23. The number of benzene rings is 1.